The van der Waals surface area contributed by atoms with Crippen molar-refractivity contribution in [1.29, 1.82) is 0 Å². The van der Waals surface area contributed by atoms with Crippen LogP contribution in [0.2, 0.25) is 5.02 Å². The van der Waals surface area contributed by atoms with Crippen LogP contribution in [0.25, 0.3) is 0 Å². The highest BCUT2D eigenvalue weighted by molar-refractivity contribution is 6.31. The van der Waals surface area contributed by atoms with Crippen molar-refractivity contribution < 1.29 is 9.50 Å². The fourth-order valence-electron chi connectivity index (χ4n) is 3.36. The molecule has 0 aromatic heterocycles. The Bertz CT molecular complexity index is 427. The van der Waals surface area contributed by atoms with Gasteiger partial charge in [-0.25, -0.2) is 4.39 Å². The van der Waals surface area contributed by atoms with E-state index in [1.165, 1.54) is 37.8 Å². The van der Waals surface area contributed by atoms with Gasteiger partial charge in [-0.05, 0) is 48.4 Å². The van der Waals surface area contributed by atoms with Crippen molar-refractivity contribution in [1.82, 2.24) is 0 Å². The van der Waals surface area contributed by atoms with Gasteiger partial charge in [0.1, 0.15) is 5.82 Å². The molecule has 1 aliphatic carbocycles. The lowest BCUT2D eigenvalue weighted by molar-refractivity contribution is 0.0728. The van der Waals surface area contributed by atoms with Crippen molar-refractivity contribution in [2.24, 2.45) is 11.8 Å². The van der Waals surface area contributed by atoms with Crippen LogP contribution in [0.3, 0.4) is 0 Å². The lowest BCUT2D eigenvalue weighted by Crippen LogP contribution is -2.27. The minimum atomic E-state index is -0.406. The number of rotatable bonds is 5. The number of halogens is 2. The molecule has 1 saturated carbocycles. The second-order valence-electron chi connectivity index (χ2n) is 6.08. The number of aliphatic hydroxyl groups is 1. The Labute approximate surface area is 126 Å². The largest absolute Gasteiger partial charge is 0.392 e. The van der Waals surface area contributed by atoms with Gasteiger partial charge in [-0.15, -0.1) is 0 Å². The lowest BCUT2D eigenvalue weighted by atomic mass is 9.77. The quantitative estimate of drug-likeness (QED) is 0.812. The molecule has 0 aliphatic heterocycles. The number of benzene rings is 1. The van der Waals surface area contributed by atoms with Crippen LogP contribution in [0, 0.1) is 17.7 Å². The summed E-state index contributed by atoms with van der Waals surface area (Å²) in [6, 6.07) is 4.36. The normalized spacial score (nSPS) is 24.6. The summed E-state index contributed by atoms with van der Waals surface area (Å²) >= 11 is 6.07. The first-order chi connectivity index (χ1) is 9.60. The van der Waals surface area contributed by atoms with E-state index in [0.717, 1.165) is 24.3 Å². The first-order valence-corrected chi connectivity index (χ1v) is 8.10. The minimum absolute atomic E-state index is 0.289. The summed E-state index contributed by atoms with van der Waals surface area (Å²) in [6.45, 7) is 2.23. The molecule has 3 heteroatoms. The van der Waals surface area contributed by atoms with Gasteiger partial charge in [-0.1, -0.05) is 44.2 Å². The molecule has 0 saturated heterocycles. The topological polar surface area (TPSA) is 20.2 Å². The second-order valence-corrected chi connectivity index (χ2v) is 6.48. The molecule has 2 rings (SSSR count). The maximum atomic E-state index is 13.2. The van der Waals surface area contributed by atoms with E-state index < -0.39 is 6.10 Å². The third kappa shape index (κ3) is 4.20. The van der Waals surface area contributed by atoms with Gasteiger partial charge >= 0.3 is 0 Å². The number of hydrogen-bond acceptors (Lipinski definition) is 1. The highest BCUT2D eigenvalue weighted by Crippen LogP contribution is 2.34. The van der Waals surface area contributed by atoms with Crippen molar-refractivity contribution in [2.45, 2.75) is 58.0 Å². The molecule has 1 N–H and O–H groups in total. The Balaban J connectivity index is 1.89. The second kappa shape index (κ2) is 7.42. The summed E-state index contributed by atoms with van der Waals surface area (Å²) in [5.74, 6) is 0.881. The maximum absolute atomic E-state index is 13.2. The van der Waals surface area contributed by atoms with E-state index in [4.69, 9.17) is 11.6 Å². The average Bonchev–Trinajstić information content (AvgIpc) is 2.44. The molecule has 112 valence electrons. The SMILES string of the molecule is CCCC1CCC(C(O)Cc2cc(F)ccc2Cl)CC1. The zero-order valence-corrected chi connectivity index (χ0v) is 12.9. The third-order valence-electron chi connectivity index (χ3n) is 4.57. The zero-order valence-electron chi connectivity index (χ0n) is 12.1. The molecule has 1 fully saturated rings. The Morgan fingerprint density at radius 3 is 2.65 bits per heavy atom. The van der Waals surface area contributed by atoms with Gasteiger partial charge in [0.2, 0.25) is 0 Å². The van der Waals surface area contributed by atoms with Crippen LogP contribution >= 0.6 is 11.6 Å². The summed E-state index contributed by atoms with van der Waals surface area (Å²) in [5, 5.41) is 10.9. The summed E-state index contributed by atoms with van der Waals surface area (Å²) in [5.41, 5.74) is 0.717. The summed E-state index contributed by atoms with van der Waals surface area (Å²) in [6.07, 6.45) is 7.20. The van der Waals surface area contributed by atoms with E-state index in [1.807, 2.05) is 0 Å². The molecule has 0 radical (unpaired) electrons. The Morgan fingerprint density at radius 1 is 1.30 bits per heavy atom. The van der Waals surface area contributed by atoms with E-state index in [1.54, 1.807) is 6.07 Å². The molecule has 20 heavy (non-hydrogen) atoms. The molecule has 1 unspecified atom stereocenters. The monoisotopic (exact) mass is 298 g/mol. The molecular weight excluding hydrogens is 275 g/mol. The van der Waals surface area contributed by atoms with Gasteiger partial charge in [0.15, 0.2) is 0 Å². The fraction of sp³-hybridized carbons (Fsp3) is 0.647. The summed E-state index contributed by atoms with van der Waals surface area (Å²) in [4.78, 5) is 0. The van der Waals surface area contributed by atoms with Crippen molar-refractivity contribution in [2.75, 3.05) is 0 Å². The van der Waals surface area contributed by atoms with E-state index in [-0.39, 0.29) is 5.82 Å². The van der Waals surface area contributed by atoms with E-state index in [0.29, 0.717) is 17.4 Å². The third-order valence-corrected chi connectivity index (χ3v) is 4.94. The number of aliphatic hydroxyl groups excluding tert-OH is 1. The van der Waals surface area contributed by atoms with Crippen LogP contribution in [-0.4, -0.2) is 11.2 Å². The van der Waals surface area contributed by atoms with Gasteiger partial charge in [0, 0.05) is 11.4 Å². The van der Waals surface area contributed by atoms with Crippen molar-refractivity contribution in [3.05, 3.63) is 34.6 Å². The van der Waals surface area contributed by atoms with E-state index >= 15 is 0 Å². The van der Waals surface area contributed by atoms with Crippen molar-refractivity contribution in [3.63, 3.8) is 0 Å². The van der Waals surface area contributed by atoms with Crippen LogP contribution < -0.4 is 0 Å². The van der Waals surface area contributed by atoms with Crippen molar-refractivity contribution in [3.8, 4) is 0 Å². The smallest absolute Gasteiger partial charge is 0.123 e. The van der Waals surface area contributed by atoms with E-state index in [2.05, 4.69) is 6.92 Å². The van der Waals surface area contributed by atoms with Gasteiger partial charge < -0.3 is 5.11 Å². The average molecular weight is 299 g/mol. The molecule has 0 amide bonds. The minimum Gasteiger partial charge on any atom is -0.392 e. The van der Waals surface area contributed by atoms with Crippen LogP contribution in [-0.2, 0) is 6.42 Å². The van der Waals surface area contributed by atoms with Crippen LogP contribution in [0.4, 0.5) is 4.39 Å². The number of hydrogen-bond donors (Lipinski definition) is 1. The van der Waals surface area contributed by atoms with Crippen molar-refractivity contribution >= 4 is 11.6 Å². The van der Waals surface area contributed by atoms with E-state index in [9.17, 15) is 9.50 Å². The maximum Gasteiger partial charge on any atom is 0.123 e. The molecule has 1 aromatic carbocycles. The summed E-state index contributed by atoms with van der Waals surface area (Å²) < 4.78 is 13.2. The highest BCUT2D eigenvalue weighted by Gasteiger charge is 2.26. The molecule has 1 aliphatic rings. The Hall–Kier alpha value is -0.600. The summed E-state index contributed by atoms with van der Waals surface area (Å²) in [7, 11) is 0. The predicted octanol–water partition coefficient (Wildman–Crippen LogP) is 4.99. The highest BCUT2D eigenvalue weighted by atomic mass is 35.5. The molecular formula is C17H24ClFO. The van der Waals surface area contributed by atoms with Gasteiger partial charge in [0.05, 0.1) is 6.10 Å². The molecule has 1 aromatic rings. The molecule has 0 bridgehead atoms. The molecule has 0 spiro atoms. The van der Waals surface area contributed by atoms with Crippen LogP contribution in [0.15, 0.2) is 18.2 Å². The lowest BCUT2D eigenvalue weighted by Gasteiger charge is -2.31. The first-order valence-electron chi connectivity index (χ1n) is 7.72. The molecule has 1 atom stereocenters. The predicted molar refractivity (Wildman–Crippen MR) is 81.5 cm³/mol. The zero-order chi connectivity index (χ0) is 14.5. The molecule has 0 heterocycles. The van der Waals surface area contributed by atoms with Gasteiger partial charge in [-0.2, -0.15) is 0 Å². The fourth-order valence-corrected chi connectivity index (χ4v) is 3.56. The van der Waals surface area contributed by atoms with Gasteiger partial charge in [0.25, 0.3) is 0 Å². The first kappa shape index (κ1) is 15.8. The van der Waals surface area contributed by atoms with Gasteiger partial charge in [-0.3, -0.25) is 0 Å². The van der Waals surface area contributed by atoms with Crippen LogP contribution in [0.1, 0.15) is 51.0 Å². The van der Waals surface area contributed by atoms with Crippen LogP contribution in [0.5, 0.6) is 0 Å². The Kier molecular flexibility index (Phi) is 5.86. The standard InChI is InChI=1S/C17H24ClFO/c1-2-3-12-4-6-13(7-5-12)17(20)11-14-10-15(19)8-9-16(14)18/h8-10,12-13,17,20H,2-7,11H2,1H3. The Morgan fingerprint density at radius 2 is 2.00 bits per heavy atom. The molecule has 1 nitrogen and oxygen atoms in total.